The zero-order valence-electron chi connectivity index (χ0n) is 23.6. The summed E-state index contributed by atoms with van der Waals surface area (Å²) in [4.78, 5) is 1.85. The Bertz CT molecular complexity index is 1100. The van der Waals surface area contributed by atoms with Crippen molar-refractivity contribution < 1.29 is 13.2 Å². The number of nitrogens with zero attached hydrogens (tertiary/aromatic N) is 1. The largest absolute Gasteiger partial charge is 0.387 e. The first-order valence-electron chi connectivity index (χ1n) is 14.3. The van der Waals surface area contributed by atoms with E-state index < -0.39 is 17.5 Å². The molecule has 3 rings (SSSR count). The van der Waals surface area contributed by atoms with Crippen LogP contribution in [0.2, 0.25) is 6.32 Å². The van der Waals surface area contributed by atoms with Gasteiger partial charge in [-0.25, -0.2) is 13.2 Å². The number of nitrogens with two attached hydrogens (primary N) is 1. The van der Waals surface area contributed by atoms with Crippen LogP contribution in [0.3, 0.4) is 0 Å². The first-order chi connectivity index (χ1) is 18.7. The van der Waals surface area contributed by atoms with Gasteiger partial charge in [0, 0.05) is 48.2 Å². The molecule has 39 heavy (non-hydrogen) atoms. The molecule has 0 aliphatic carbocycles. The molecule has 1 heterocycles. The number of fused-ring (bicyclic) bond motifs is 1. The number of rotatable bonds is 17. The fourth-order valence-corrected chi connectivity index (χ4v) is 5.13. The molecule has 0 amide bonds. The predicted octanol–water partition coefficient (Wildman–Crippen LogP) is 4.99. The van der Waals surface area contributed by atoms with Gasteiger partial charge in [0.1, 0.15) is 17.5 Å². The van der Waals surface area contributed by atoms with Crippen molar-refractivity contribution in [2.24, 2.45) is 5.73 Å². The molecule has 2 aromatic rings. The van der Waals surface area contributed by atoms with Gasteiger partial charge in [-0.15, -0.1) is 0 Å². The van der Waals surface area contributed by atoms with Crippen molar-refractivity contribution >= 4 is 18.4 Å². The van der Waals surface area contributed by atoms with Crippen LogP contribution in [0.1, 0.15) is 62.1 Å². The molecule has 4 nitrogen and oxygen atoms in total. The van der Waals surface area contributed by atoms with Crippen LogP contribution in [0, 0.1) is 17.5 Å². The van der Waals surface area contributed by atoms with Gasteiger partial charge in [-0.3, -0.25) is 0 Å². The zero-order valence-corrected chi connectivity index (χ0v) is 23.6. The molecule has 2 aromatic carbocycles. The summed E-state index contributed by atoms with van der Waals surface area (Å²) >= 11 is 0. The summed E-state index contributed by atoms with van der Waals surface area (Å²) in [6.45, 7) is 12.2. The van der Waals surface area contributed by atoms with E-state index in [-0.39, 0.29) is 24.2 Å². The van der Waals surface area contributed by atoms with Gasteiger partial charge in [-0.2, -0.15) is 0 Å². The molecule has 0 radical (unpaired) electrons. The average molecular weight is 541 g/mol. The number of benzene rings is 2. The van der Waals surface area contributed by atoms with Crippen molar-refractivity contribution in [3.63, 3.8) is 0 Å². The highest BCUT2D eigenvalue weighted by Gasteiger charge is 2.18. The number of halogens is 3. The molecular formula is C31H44BF3N4. The highest BCUT2D eigenvalue weighted by atomic mass is 19.1. The van der Waals surface area contributed by atoms with E-state index in [4.69, 9.17) is 5.73 Å². The van der Waals surface area contributed by atoms with E-state index in [2.05, 4.69) is 48.9 Å². The van der Waals surface area contributed by atoms with Crippen LogP contribution in [0.5, 0.6) is 0 Å². The maximum absolute atomic E-state index is 14.1. The molecule has 0 aromatic heterocycles. The van der Waals surface area contributed by atoms with Gasteiger partial charge < -0.3 is 21.3 Å². The van der Waals surface area contributed by atoms with Crippen molar-refractivity contribution in [2.75, 3.05) is 20.1 Å². The average Bonchev–Trinajstić information content (AvgIpc) is 3.37. The molecule has 212 valence electrons. The first kappa shape index (κ1) is 30.8. The van der Waals surface area contributed by atoms with Gasteiger partial charge in [0.25, 0.3) is 0 Å². The van der Waals surface area contributed by atoms with Crippen molar-refractivity contribution in [1.29, 1.82) is 0 Å². The lowest BCUT2D eigenvalue weighted by atomic mass is 9.72. The number of unbranched alkanes of at least 4 members (excludes halogenated alkanes) is 1. The SMILES string of the molecule is C=C(N[C@@H](CCCN(C)Cc1c(F)cc(F)cc1F)C(=C)NCCCCC(N)CC)c1ccc2c(c1)CCB2. The maximum Gasteiger partial charge on any atom is 0.158 e. The van der Waals surface area contributed by atoms with Crippen LogP contribution in [0.15, 0.2) is 49.2 Å². The normalized spacial score (nSPS) is 14.0. The lowest BCUT2D eigenvalue weighted by Crippen LogP contribution is -2.36. The molecule has 1 aliphatic rings. The lowest BCUT2D eigenvalue weighted by Gasteiger charge is -2.26. The van der Waals surface area contributed by atoms with Gasteiger partial charge in [0.05, 0.1) is 6.04 Å². The summed E-state index contributed by atoms with van der Waals surface area (Å²) in [5.74, 6) is -2.63. The lowest BCUT2D eigenvalue weighted by molar-refractivity contribution is 0.302. The Labute approximate surface area is 233 Å². The van der Waals surface area contributed by atoms with Crippen LogP contribution in [0.25, 0.3) is 5.70 Å². The quantitative estimate of drug-likeness (QED) is 0.196. The fraction of sp³-hybridized carbons (Fsp3) is 0.484. The summed E-state index contributed by atoms with van der Waals surface area (Å²) in [5.41, 5.74) is 11.6. The molecular weight excluding hydrogens is 496 g/mol. The Morgan fingerprint density at radius 3 is 2.54 bits per heavy atom. The van der Waals surface area contributed by atoms with Crippen molar-refractivity contribution in [2.45, 2.75) is 76.8 Å². The molecule has 8 heteroatoms. The highest BCUT2D eigenvalue weighted by Crippen LogP contribution is 2.20. The second kappa shape index (κ2) is 15.2. The smallest absolute Gasteiger partial charge is 0.158 e. The molecule has 1 aliphatic heterocycles. The molecule has 1 unspecified atom stereocenters. The summed E-state index contributed by atoms with van der Waals surface area (Å²) in [5, 5.41) is 7.07. The Kier molecular flexibility index (Phi) is 12.0. The molecule has 4 N–H and O–H groups in total. The molecule has 0 fully saturated rings. The van der Waals surface area contributed by atoms with Gasteiger partial charge in [-0.1, -0.05) is 62.0 Å². The van der Waals surface area contributed by atoms with E-state index in [0.717, 1.165) is 87.9 Å². The minimum Gasteiger partial charge on any atom is -0.387 e. The maximum atomic E-state index is 14.1. The summed E-state index contributed by atoms with van der Waals surface area (Å²) in [6, 6.07) is 8.22. The minimum atomic E-state index is -0.909. The third-order valence-electron chi connectivity index (χ3n) is 7.66. The Morgan fingerprint density at radius 1 is 1.08 bits per heavy atom. The summed E-state index contributed by atoms with van der Waals surface area (Å²) in [7, 11) is 2.95. The molecule has 0 saturated carbocycles. The monoisotopic (exact) mass is 540 g/mol. The van der Waals surface area contributed by atoms with E-state index in [1.807, 2.05) is 11.9 Å². The summed E-state index contributed by atoms with van der Waals surface area (Å²) in [6.07, 6.45) is 7.92. The van der Waals surface area contributed by atoms with Gasteiger partial charge in [0.2, 0.25) is 0 Å². The highest BCUT2D eigenvalue weighted by molar-refractivity contribution is 6.55. The summed E-state index contributed by atoms with van der Waals surface area (Å²) < 4.78 is 41.5. The Hall–Kier alpha value is -2.71. The Morgan fingerprint density at radius 2 is 1.82 bits per heavy atom. The second-order valence-electron chi connectivity index (χ2n) is 10.9. The second-order valence-corrected chi connectivity index (χ2v) is 10.9. The van der Waals surface area contributed by atoms with Crippen LogP contribution in [0.4, 0.5) is 13.2 Å². The van der Waals surface area contributed by atoms with Crippen LogP contribution < -0.4 is 21.8 Å². The van der Waals surface area contributed by atoms with Crippen molar-refractivity contribution in [1.82, 2.24) is 15.5 Å². The third-order valence-corrected chi connectivity index (χ3v) is 7.66. The standard InChI is InChI=1S/C31H44BF3N4/c1-5-26(36)9-6-7-15-37-22(3)31(38-21(2)23-11-12-28-24(17-23)13-14-32-28)10-8-16-39(4)20-27-29(34)18-25(33)19-30(27)35/h11-12,17-19,26,31-32,37-38H,2-3,5-10,13-16,20,36H2,1,4H3/t26?,31-/m0/s1. The van der Waals surface area contributed by atoms with Crippen LogP contribution in [-0.4, -0.2) is 44.4 Å². The molecule has 0 bridgehead atoms. The van der Waals surface area contributed by atoms with E-state index in [1.54, 1.807) is 0 Å². The van der Waals surface area contributed by atoms with Gasteiger partial charge >= 0.3 is 0 Å². The first-order valence-corrected chi connectivity index (χ1v) is 14.3. The van der Waals surface area contributed by atoms with Gasteiger partial charge in [0.15, 0.2) is 7.28 Å². The predicted molar refractivity (Wildman–Crippen MR) is 159 cm³/mol. The van der Waals surface area contributed by atoms with E-state index >= 15 is 0 Å². The number of nitrogens with one attached hydrogen (secondary N) is 2. The molecule has 0 saturated heterocycles. The number of hydrogen-bond acceptors (Lipinski definition) is 4. The van der Waals surface area contributed by atoms with Crippen LogP contribution >= 0.6 is 0 Å². The van der Waals surface area contributed by atoms with Crippen molar-refractivity contribution in [3.05, 3.63) is 83.3 Å². The van der Waals surface area contributed by atoms with Gasteiger partial charge in [-0.05, 0) is 57.7 Å². The number of aryl methyl sites for hydroxylation is 1. The molecule has 0 spiro atoms. The fourth-order valence-electron chi connectivity index (χ4n) is 5.13. The van der Waals surface area contributed by atoms with E-state index in [9.17, 15) is 13.2 Å². The molecule has 2 atom stereocenters. The van der Waals surface area contributed by atoms with Crippen LogP contribution in [-0.2, 0) is 13.0 Å². The third kappa shape index (κ3) is 9.46. The number of hydrogen-bond donors (Lipinski definition) is 3. The van der Waals surface area contributed by atoms with Crippen molar-refractivity contribution in [3.8, 4) is 0 Å². The zero-order chi connectivity index (χ0) is 28.4. The minimum absolute atomic E-state index is 0.0589. The van der Waals surface area contributed by atoms with E-state index in [1.165, 1.54) is 17.3 Å². The topological polar surface area (TPSA) is 53.3 Å². The van der Waals surface area contributed by atoms with E-state index in [0.29, 0.717) is 6.54 Å². The Balaban J connectivity index is 1.57.